The molecule has 100 valence electrons. The van der Waals surface area contributed by atoms with Gasteiger partial charge in [-0.15, -0.1) is 11.8 Å². The summed E-state index contributed by atoms with van der Waals surface area (Å²) < 4.78 is 0. The number of carbonyl (C=O) groups is 1. The van der Waals surface area contributed by atoms with Gasteiger partial charge in [-0.2, -0.15) is 0 Å². The van der Waals surface area contributed by atoms with Crippen LogP contribution in [0.25, 0.3) is 0 Å². The normalized spacial score (nSPS) is 12.2. The second-order valence-corrected chi connectivity index (χ2v) is 5.96. The third kappa shape index (κ3) is 5.06. The van der Waals surface area contributed by atoms with Gasteiger partial charge in [0.2, 0.25) is 5.91 Å². The van der Waals surface area contributed by atoms with E-state index in [-0.39, 0.29) is 11.2 Å². The highest BCUT2D eigenvalue weighted by molar-refractivity contribution is 8.00. The maximum absolute atomic E-state index is 11.8. The Morgan fingerprint density at radius 3 is 2.78 bits per heavy atom. The summed E-state index contributed by atoms with van der Waals surface area (Å²) in [5.74, 6) is -0.00806. The first-order valence-corrected chi connectivity index (χ1v) is 7.22. The van der Waals surface area contributed by atoms with E-state index < -0.39 is 0 Å². The van der Waals surface area contributed by atoms with Crippen LogP contribution < -0.4 is 10.6 Å². The van der Waals surface area contributed by atoms with Crippen LogP contribution in [0, 0.1) is 0 Å². The summed E-state index contributed by atoms with van der Waals surface area (Å²) in [7, 11) is 1.84. The van der Waals surface area contributed by atoms with Crippen LogP contribution in [0.2, 0.25) is 10.0 Å². The van der Waals surface area contributed by atoms with E-state index in [4.69, 9.17) is 23.2 Å². The summed E-state index contributed by atoms with van der Waals surface area (Å²) >= 11 is 13.4. The Bertz CT molecular complexity index is 415. The zero-order chi connectivity index (χ0) is 13.5. The molecule has 1 aromatic carbocycles. The van der Waals surface area contributed by atoms with E-state index >= 15 is 0 Å². The van der Waals surface area contributed by atoms with Crippen LogP contribution in [0.1, 0.15) is 6.92 Å². The minimum absolute atomic E-state index is 0.00806. The van der Waals surface area contributed by atoms with E-state index in [0.717, 1.165) is 11.4 Å². The Morgan fingerprint density at radius 2 is 2.11 bits per heavy atom. The zero-order valence-corrected chi connectivity index (χ0v) is 12.6. The Balaban J connectivity index is 2.55. The monoisotopic (exact) mass is 306 g/mol. The average molecular weight is 307 g/mol. The number of rotatable bonds is 6. The fourth-order valence-corrected chi connectivity index (χ4v) is 2.70. The lowest BCUT2D eigenvalue weighted by Crippen LogP contribution is -2.35. The van der Waals surface area contributed by atoms with Crippen molar-refractivity contribution in [2.24, 2.45) is 0 Å². The van der Waals surface area contributed by atoms with E-state index in [1.807, 2.05) is 14.0 Å². The first-order chi connectivity index (χ1) is 8.54. The molecule has 0 spiro atoms. The minimum Gasteiger partial charge on any atom is -0.354 e. The molecule has 0 fully saturated rings. The first-order valence-electron chi connectivity index (χ1n) is 5.58. The van der Waals surface area contributed by atoms with Crippen LogP contribution >= 0.6 is 35.0 Å². The number of benzene rings is 1. The average Bonchev–Trinajstić information content (AvgIpc) is 2.34. The molecule has 1 amide bonds. The second kappa shape index (κ2) is 7.89. The van der Waals surface area contributed by atoms with Crippen molar-refractivity contribution in [1.29, 1.82) is 0 Å². The second-order valence-electron chi connectivity index (χ2n) is 3.73. The summed E-state index contributed by atoms with van der Waals surface area (Å²) in [5.41, 5.74) is 0. The van der Waals surface area contributed by atoms with Crippen molar-refractivity contribution in [3.8, 4) is 0 Å². The van der Waals surface area contributed by atoms with Gasteiger partial charge < -0.3 is 10.6 Å². The van der Waals surface area contributed by atoms with Gasteiger partial charge in [-0.1, -0.05) is 23.2 Å². The van der Waals surface area contributed by atoms with Gasteiger partial charge in [0.15, 0.2) is 0 Å². The third-order valence-corrected chi connectivity index (χ3v) is 4.08. The SMILES string of the molecule is CNCCNC(=O)C(C)Sc1cc(Cl)ccc1Cl. The molecule has 0 saturated carbocycles. The summed E-state index contributed by atoms with van der Waals surface area (Å²) in [6, 6.07) is 5.23. The van der Waals surface area contributed by atoms with Gasteiger partial charge in [0.1, 0.15) is 0 Å². The lowest BCUT2D eigenvalue weighted by atomic mass is 10.4. The van der Waals surface area contributed by atoms with Crippen molar-refractivity contribution < 1.29 is 4.79 Å². The lowest BCUT2D eigenvalue weighted by molar-refractivity contribution is -0.120. The van der Waals surface area contributed by atoms with Crippen molar-refractivity contribution in [3.63, 3.8) is 0 Å². The number of thioether (sulfide) groups is 1. The maximum Gasteiger partial charge on any atom is 0.233 e. The number of nitrogens with one attached hydrogen (secondary N) is 2. The largest absolute Gasteiger partial charge is 0.354 e. The highest BCUT2D eigenvalue weighted by atomic mass is 35.5. The first kappa shape index (κ1) is 15.6. The minimum atomic E-state index is -0.210. The van der Waals surface area contributed by atoms with Gasteiger partial charge in [-0.05, 0) is 32.2 Å². The molecule has 6 heteroatoms. The number of amides is 1. The number of carbonyl (C=O) groups excluding carboxylic acids is 1. The van der Waals surface area contributed by atoms with Gasteiger partial charge >= 0.3 is 0 Å². The lowest BCUT2D eigenvalue weighted by Gasteiger charge is -2.13. The van der Waals surface area contributed by atoms with Gasteiger partial charge in [-0.3, -0.25) is 4.79 Å². The predicted molar refractivity (Wildman–Crippen MR) is 78.7 cm³/mol. The smallest absolute Gasteiger partial charge is 0.233 e. The Kier molecular flexibility index (Phi) is 6.86. The Morgan fingerprint density at radius 1 is 1.39 bits per heavy atom. The molecule has 0 aromatic heterocycles. The van der Waals surface area contributed by atoms with Crippen molar-refractivity contribution >= 4 is 40.9 Å². The van der Waals surface area contributed by atoms with Crippen molar-refractivity contribution in [2.75, 3.05) is 20.1 Å². The van der Waals surface area contributed by atoms with Gasteiger partial charge in [0.25, 0.3) is 0 Å². The van der Waals surface area contributed by atoms with Crippen LogP contribution in [-0.4, -0.2) is 31.3 Å². The van der Waals surface area contributed by atoms with Crippen LogP contribution in [-0.2, 0) is 4.79 Å². The highest BCUT2D eigenvalue weighted by Gasteiger charge is 2.15. The number of hydrogen-bond acceptors (Lipinski definition) is 3. The molecule has 0 heterocycles. The molecular formula is C12H16Cl2N2OS. The molecule has 0 aliphatic rings. The van der Waals surface area contributed by atoms with E-state index in [1.54, 1.807) is 18.2 Å². The van der Waals surface area contributed by atoms with Crippen LogP contribution in [0.15, 0.2) is 23.1 Å². The number of hydrogen-bond donors (Lipinski definition) is 2. The molecule has 1 rings (SSSR count). The highest BCUT2D eigenvalue weighted by Crippen LogP contribution is 2.32. The standard InChI is InChI=1S/C12H16Cl2N2OS/c1-8(12(17)16-6-5-15-2)18-11-7-9(13)3-4-10(11)14/h3-4,7-8,15H,5-6H2,1-2H3,(H,16,17). The van der Waals surface area contributed by atoms with Gasteiger partial charge in [-0.25, -0.2) is 0 Å². The molecule has 1 aromatic rings. The fraction of sp³-hybridized carbons (Fsp3) is 0.417. The van der Waals surface area contributed by atoms with Gasteiger partial charge in [0, 0.05) is 23.0 Å². The van der Waals surface area contributed by atoms with E-state index in [2.05, 4.69) is 10.6 Å². The van der Waals surface area contributed by atoms with Gasteiger partial charge in [0.05, 0.1) is 10.3 Å². The summed E-state index contributed by atoms with van der Waals surface area (Å²) in [6.07, 6.45) is 0. The predicted octanol–water partition coefficient (Wildman–Crippen LogP) is 2.81. The quantitative estimate of drug-likeness (QED) is 0.627. The molecule has 0 aliphatic heterocycles. The molecule has 0 aliphatic carbocycles. The van der Waals surface area contributed by atoms with Crippen molar-refractivity contribution in [2.45, 2.75) is 17.1 Å². The third-order valence-electron chi connectivity index (χ3n) is 2.24. The Hall–Kier alpha value is -0.420. The molecule has 0 bridgehead atoms. The summed E-state index contributed by atoms with van der Waals surface area (Å²) in [5, 5.41) is 6.82. The molecule has 1 unspecified atom stereocenters. The molecule has 0 saturated heterocycles. The van der Waals surface area contributed by atoms with E-state index in [9.17, 15) is 4.79 Å². The topological polar surface area (TPSA) is 41.1 Å². The van der Waals surface area contributed by atoms with E-state index in [0.29, 0.717) is 16.6 Å². The summed E-state index contributed by atoms with van der Waals surface area (Å²) in [4.78, 5) is 12.6. The van der Waals surface area contributed by atoms with Crippen LogP contribution in [0.5, 0.6) is 0 Å². The summed E-state index contributed by atoms with van der Waals surface area (Å²) in [6.45, 7) is 3.21. The zero-order valence-electron chi connectivity index (χ0n) is 10.3. The molecular weight excluding hydrogens is 291 g/mol. The van der Waals surface area contributed by atoms with Crippen LogP contribution in [0.3, 0.4) is 0 Å². The molecule has 0 radical (unpaired) electrons. The number of likely N-dealkylation sites (N-methyl/N-ethyl adjacent to an activating group) is 1. The molecule has 2 N–H and O–H groups in total. The Labute approximate surface area is 122 Å². The van der Waals surface area contributed by atoms with E-state index in [1.165, 1.54) is 11.8 Å². The fourth-order valence-electron chi connectivity index (χ4n) is 1.27. The molecule has 18 heavy (non-hydrogen) atoms. The number of halogens is 2. The van der Waals surface area contributed by atoms with Crippen LogP contribution in [0.4, 0.5) is 0 Å². The molecule has 1 atom stereocenters. The molecule has 3 nitrogen and oxygen atoms in total. The van der Waals surface area contributed by atoms with Crippen molar-refractivity contribution in [3.05, 3.63) is 28.2 Å². The van der Waals surface area contributed by atoms with Crippen molar-refractivity contribution in [1.82, 2.24) is 10.6 Å². The maximum atomic E-state index is 11.8.